The second kappa shape index (κ2) is 18.5. The van der Waals surface area contributed by atoms with Gasteiger partial charge < -0.3 is 4.57 Å². The fraction of sp³-hybridized carbons (Fsp3) is 0.667. The maximum absolute atomic E-state index is 2.65. The van der Waals surface area contributed by atoms with Crippen molar-refractivity contribution < 1.29 is 0 Å². The van der Waals surface area contributed by atoms with Crippen LogP contribution in [0.1, 0.15) is 142 Å². The van der Waals surface area contributed by atoms with Crippen LogP contribution in [0.4, 0.5) is 0 Å². The molecule has 0 amide bonds. The summed E-state index contributed by atoms with van der Waals surface area (Å²) in [7, 11) is 0. The van der Waals surface area contributed by atoms with Gasteiger partial charge in [-0.15, -0.1) is 0 Å². The van der Waals surface area contributed by atoms with Gasteiger partial charge in [0, 0.05) is 28.4 Å². The van der Waals surface area contributed by atoms with E-state index in [0.717, 1.165) is 5.92 Å². The summed E-state index contributed by atoms with van der Waals surface area (Å²) in [6, 6.07) is 18.1. The standard InChI is InChI=1S/C36H57N/c1-3-5-7-9-11-13-14-16-18-20-26-32(25-19-17-15-12-10-8-6-4-2)31-37-35-29-23-21-27-33(35)34-28-22-24-30-36(34)37/h21-24,27-30,32H,3-20,25-26,31H2,1-2H3. The first-order valence-electron chi connectivity index (χ1n) is 16.3. The lowest BCUT2D eigenvalue weighted by Gasteiger charge is -2.19. The zero-order valence-electron chi connectivity index (χ0n) is 24.5. The largest absolute Gasteiger partial charge is 0.340 e. The molecule has 2 aromatic carbocycles. The summed E-state index contributed by atoms with van der Waals surface area (Å²) in [5.74, 6) is 0.799. The third-order valence-corrected chi connectivity index (χ3v) is 8.55. The smallest absolute Gasteiger partial charge is 0.0491 e. The molecule has 1 aromatic heterocycles. The van der Waals surface area contributed by atoms with Gasteiger partial charge in [0.15, 0.2) is 0 Å². The van der Waals surface area contributed by atoms with Crippen molar-refractivity contribution in [1.82, 2.24) is 4.57 Å². The van der Waals surface area contributed by atoms with Crippen molar-refractivity contribution in [1.29, 1.82) is 0 Å². The summed E-state index contributed by atoms with van der Waals surface area (Å²) < 4.78 is 2.65. The average Bonchev–Trinajstić information content (AvgIpc) is 3.24. The Labute approximate surface area is 229 Å². The Balaban J connectivity index is 1.50. The van der Waals surface area contributed by atoms with E-state index in [1.807, 2.05) is 0 Å². The molecule has 0 N–H and O–H groups in total. The van der Waals surface area contributed by atoms with Gasteiger partial charge >= 0.3 is 0 Å². The predicted molar refractivity (Wildman–Crippen MR) is 167 cm³/mol. The van der Waals surface area contributed by atoms with Gasteiger partial charge in [-0.2, -0.15) is 0 Å². The van der Waals surface area contributed by atoms with Crippen LogP contribution in [0.2, 0.25) is 0 Å². The SMILES string of the molecule is CCCCCCCCCCCCC(CCCCCCCCCC)Cn1c2ccccc2c2ccccc21. The summed E-state index contributed by atoms with van der Waals surface area (Å²) >= 11 is 0. The molecule has 0 saturated heterocycles. The van der Waals surface area contributed by atoms with Gasteiger partial charge in [-0.1, -0.05) is 166 Å². The molecule has 1 nitrogen and oxygen atoms in total. The number of fused-ring (bicyclic) bond motifs is 3. The number of rotatable bonds is 22. The lowest BCUT2D eigenvalue weighted by atomic mass is 9.93. The number of unbranched alkanes of at least 4 members (excludes halogenated alkanes) is 16. The Morgan fingerprint density at radius 1 is 0.459 bits per heavy atom. The van der Waals surface area contributed by atoms with Crippen LogP contribution < -0.4 is 0 Å². The first-order chi connectivity index (χ1) is 18.3. The third-order valence-electron chi connectivity index (χ3n) is 8.55. The molecule has 37 heavy (non-hydrogen) atoms. The van der Waals surface area contributed by atoms with Gasteiger partial charge in [-0.3, -0.25) is 0 Å². The van der Waals surface area contributed by atoms with Crippen LogP contribution in [0, 0.1) is 5.92 Å². The molecule has 0 aliphatic rings. The number of aromatic nitrogens is 1. The second-order valence-corrected chi connectivity index (χ2v) is 11.7. The molecule has 0 fully saturated rings. The highest BCUT2D eigenvalue weighted by Crippen LogP contribution is 2.31. The van der Waals surface area contributed by atoms with Crippen LogP contribution in [0.3, 0.4) is 0 Å². The predicted octanol–water partition coefficient (Wildman–Crippen LogP) is 12.3. The third kappa shape index (κ3) is 10.5. The molecule has 1 unspecified atom stereocenters. The topological polar surface area (TPSA) is 4.93 Å². The lowest BCUT2D eigenvalue weighted by molar-refractivity contribution is 0.364. The summed E-state index contributed by atoms with van der Waals surface area (Å²) in [4.78, 5) is 0. The van der Waals surface area contributed by atoms with E-state index in [0.29, 0.717) is 0 Å². The molecule has 0 radical (unpaired) electrons. The van der Waals surface area contributed by atoms with Gasteiger partial charge in [-0.05, 0) is 30.9 Å². The Hall–Kier alpha value is -1.76. The lowest BCUT2D eigenvalue weighted by Crippen LogP contribution is -2.11. The van der Waals surface area contributed by atoms with E-state index in [1.54, 1.807) is 0 Å². The Kier molecular flexibility index (Phi) is 14.9. The van der Waals surface area contributed by atoms with Crippen molar-refractivity contribution in [3.63, 3.8) is 0 Å². The van der Waals surface area contributed by atoms with E-state index in [2.05, 4.69) is 66.9 Å². The van der Waals surface area contributed by atoms with Crippen molar-refractivity contribution >= 4 is 21.8 Å². The minimum atomic E-state index is 0.799. The van der Waals surface area contributed by atoms with E-state index < -0.39 is 0 Å². The van der Waals surface area contributed by atoms with Gasteiger partial charge in [0.2, 0.25) is 0 Å². The summed E-state index contributed by atoms with van der Waals surface area (Å²) in [5.41, 5.74) is 2.85. The Bertz CT molecular complexity index is 914. The van der Waals surface area contributed by atoms with Gasteiger partial charge in [0.1, 0.15) is 0 Å². The summed E-state index contributed by atoms with van der Waals surface area (Å²) in [6.07, 6.45) is 28.4. The fourth-order valence-corrected chi connectivity index (χ4v) is 6.27. The maximum Gasteiger partial charge on any atom is 0.0491 e. The fourth-order valence-electron chi connectivity index (χ4n) is 6.27. The van der Waals surface area contributed by atoms with Crippen molar-refractivity contribution in [2.75, 3.05) is 0 Å². The molecular weight excluding hydrogens is 446 g/mol. The first-order valence-corrected chi connectivity index (χ1v) is 16.3. The summed E-state index contributed by atoms with van der Waals surface area (Å²) in [6.45, 7) is 5.80. The molecule has 0 spiro atoms. The molecule has 3 rings (SSSR count). The van der Waals surface area contributed by atoms with E-state index in [9.17, 15) is 0 Å². The van der Waals surface area contributed by atoms with Gasteiger partial charge in [0.05, 0.1) is 0 Å². The van der Waals surface area contributed by atoms with E-state index >= 15 is 0 Å². The van der Waals surface area contributed by atoms with Gasteiger partial charge in [-0.25, -0.2) is 0 Å². The maximum atomic E-state index is 2.65. The van der Waals surface area contributed by atoms with Crippen LogP contribution in [0.5, 0.6) is 0 Å². The normalized spacial score (nSPS) is 12.6. The minimum absolute atomic E-state index is 0.799. The van der Waals surface area contributed by atoms with Crippen molar-refractivity contribution in [3.05, 3.63) is 48.5 Å². The number of hydrogen-bond acceptors (Lipinski definition) is 0. The van der Waals surface area contributed by atoms with Crippen molar-refractivity contribution in [2.24, 2.45) is 5.92 Å². The number of benzene rings is 2. The zero-order chi connectivity index (χ0) is 26.0. The highest BCUT2D eigenvalue weighted by molar-refractivity contribution is 6.07. The quantitative estimate of drug-likeness (QED) is 0.120. The first kappa shape index (κ1) is 29.8. The molecule has 0 aliphatic carbocycles. The molecule has 206 valence electrons. The van der Waals surface area contributed by atoms with E-state index in [-0.39, 0.29) is 0 Å². The number of nitrogens with zero attached hydrogens (tertiary/aromatic N) is 1. The Morgan fingerprint density at radius 3 is 1.22 bits per heavy atom. The molecule has 1 heterocycles. The van der Waals surface area contributed by atoms with Crippen LogP contribution >= 0.6 is 0 Å². The van der Waals surface area contributed by atoms with Crippen LogP contribution in [-0.2, 0) is 6.54 Å². The monoisotopic (exact) mass is 503 g/mol. The van der Waals surface area contributed by atoms with Gasteiger partial charge in [0.25, 0.3) is 0 Å². The molecule has 0 saturated carbocycles. The average molecular weight is 504 g/mol. The van der Waals surface area contributed by atoms with Crippen LogP contribution in [0.25, 0.3) is 21.8 Å². The molecule has 1 atom stereocenters. The minimum Gasteiger partial charge on any atom is -0.340 e. The van der Waals surface area contributed by atoms with E-state index in [4.69, 9.17) is 0 Å². The highest BCUT2D eigenvalue weighted by Gasteiger charge is 2.15. The Morgan fingerprint density at radius 2 is 0.811 bits per heavy atom. The summed E-state index contributed by atoms with van der Waals surface area (Å²) in [5, 5.41) is 2.84. The number of para-hydroxylation sites is 2. The number of hydrogen-bond donors (Lipinski definition) is 0. The zero-order valence-corrected chi connectivity index (χ0v) is 24.5. The van der Waals surface area contributed by atoms with Crippen LogP contribution in [-0.4, -0.2) is 4.57 Å². The molecule has 0 aliphatic heterocycles. The van der Waals surface area contributed by atoms with E-state index in [1.165, 1.54) is 157 Å². The molecule has 3 aromatic rings. The highest BCUT2D eigenvalue weighted by atomic mass is 15.0. The van der Waals surface area contributed by atoms with Crippen molar-refractivity contribution in [2.45, 2.75) is 149 Å². The molecule has 1 heteroatoms. The second-order valence-electron chi connectivity index (χ2n) is 11.7. The molecule has 0 bridgehead atoms. The molecular formula is C36H57N. The van der Waals surface area contributed by atoms with Crippen molar-refractivity contribution in [3.8, 4) is 0 Å². The van der Waals surface area contributed by atoms with Crippen LogP contribution in [0.15, 0.2) is 48.5 Å².